The highest BCUT2D eigenvalue weighted by Crippen LogP contribution is 1.98. The van der Waals surface area contributed by atoms with Crippen molar-refractivity contribution in [3.63, 3.8) is 0 Å². The van der Waals surface area contributed by atoms with E-state index in [4.69, 9.17) is 5.73 Å². The minimum atomic E-state index is -3.09. The minimum Gasteiger partial charge on any atom is -0.366 e. The molecule has 0 aromatic carbocycles. The molecule has 1 aromatic heterocycles. The third-order valence-electron chi connectivity index (χ3n) is 1.85. The van der Waals surface area contributed by atoms with E-state index in [0.717, 1.165) is 6.26 Å². The number of hydrogen-bond acceptors (Lipinski definition) is 6. The molecule has 0 spiro atoms. The van der Waals surface area contributed by atoms with Gasteiger partial charge in [-0.15, -0.1) is 5.10 Å². The Hall–Kier alpha value is -1.64. The van der Waals surface area contributed by atoms with Gasteiger partial charge in [0.25, 0.3) is 5.91 Å². The number of carbonyl (C=O) groups excluding carboxylic acids is 1. The van der Waals surface area contributed by atoms with E-state index in [9.17, 15) is 13.2 Å². The maximum atomic E-state index is 11.6. The molecule has 0 aliphatic carbocycles. The minimum absolute atomic E-state index is 0.00602. The predicted octanol–water partition coefficient (Wildman–Crippen LogP) is -1.50. The Morgan fingerprint density at radius 1 is 1.56 bits per heavy atom. The van der Waals surface area contributed by atoms with Gasteiger partial charge < -0.3 is 10.6 Å². The van der Waals surface area contributed by atoms with Gasteiger partial charge >= 0.3 is 0 Å². The number of anilines is 1. The summed E-state index contributed by atoms with van der Waals surface area (Å²) in [6.07, 6.45) is 1.11. The maximum Gasteiger partial charge on any atom is 0.291 e. The maximum absolute atomic E-state index is 11.6. The van der Waals surface area contributed by atoms with Gasteiger partial charge in [-0.25, -0.2) is 8.42 Å². The van der Waals surface area contributed by atoms with Gasteiger partial charge in [0, 0.05) is 19.8 Å². The summed E-state index contributed by atoms with van der Waals surface area (Å²) in [4.78, 5) is 16.5. The lowest BCUT2D eigenvalue weighted by Gasteiger charge is -2.14. The summed E-state index contributed by atoms with van der Waals surface area (Å²) in [7, 11) is -1.62. The molecule has 0 bridgehead atoms. The van der Waals surface area contributed by atoms with Gasteiger partial charge in [-0.3, -0.25) is 9.89 Å². The van der Waals surface area contributed by atoms with Gasteiger partial charge in [0.15, 0.2) is 0 Å². The van der Waals surface area contributed by atoms with Gasteiger partial charge in [0.2, 0.25) is 11.8 Å². The second-order valence-electron chi connectivity index (χ2n) is 3.40. The standard InChI is InChI=1S/C7H13N5O3S/c1-12(3-4-16(2,14)15)6(13)5-9-7(8)11-10-5/h3-4H2,1-2H3,(H3,8,9,10,11). The van der Waals surface area contributed by atoms with Gasteiger partial charge in [-0.05, 0) is 0 Å². The van der Waals surface area contributed by atoms with Crippen molar-refractivity contribution in [2.75, 3.05) is 31.3 Å². The Balaban J connectivity index is 2.61. The first kappa shape index (κ1) is 12.4. The zero-order chi connectivity index (χ0) is 12.3. The van der Waals surface area contributed by atoms with Crippen molar-refractivity contribution in [1.82, 2.24) is 20.1 Å². The fraction of sp³-hybridized carbons (Fsp3) is 0.571. The molecule has 0 saturated heterocycles. The number of aromatic nitrogens is 3. The highest BCUT2D eigenvalue weighted by Gasteiger charge is 2.16. The predicted molar refractivity (Wildman–Crippen MR) is 57.5 cm³/mol. The Labute approximate surface area is 92.8 Å². The molecule has 1 aromatic rings. The average Bonchev–Trinajstić information content (AvgIpc) is 2.59. The largest absolute Gasteiger partial charge is 0.366 e. The van der Waals surface area contributed by atoms with Crippen molar-refractivity contribution < 1.29 is 13.2 Å². The summed E-state index contributed by atoms with van der Waals surface area (Å²) in [6.45, 7) is 0.0955. The van der Waals surface area contributed by atoms with Crippen molar-refractivity contribution in [1.29, 1.82) is 0 Å². The van der Waals surface area contributed by atoms with Crippen LogP contribution in [0.3, 0.4) is 0 Å². The van der Waals surface area contributed by atoms with Crippen LogP contribution in [0.5, 0.6) is 0 Å². The molecule has 1 rings (SSSR count). The van der Waals surface area contributed by atoms with Crippen LogP contribution in [0.1, 0.15) is 10.6 Å². The highest BCUT2D eigenvalue weighted by molar-refractivity contribution is 7.90. The monoisotopic (exact) mass is 247 g/mol. The van der Waals surface area contributed by atoms with Crippen LogP contribution in [0, 0.1) is 0 Å². The molecule has 1 amide bonds. The Morgan fingerprint density at radius 3 is 2.62 bits per heavy atom. The van der Waals surface area contributed by atoms with E-state index in [1.54, 1.807) is 0 Å². The van der Waals surface area contributed by atoms with Crippen molar-refractivity contribution >= 4 is 21.7 Å². The summed E-state index contributed by atoms with van der Waals surface area (Å²) < 4.78 is 21.8. The van der Waals surface area contributed by atoms with Gasteiger partial charge in [-0.2, -0.15) is 4.98 Å². The number of sulfone groups is 1. The number of nitrogens with two attached hydrogens (primary N) is 1. The molecule has 0 aliphatic heterocycles. The molecule has 0 unspecified atom stereocenters. The van der Waals surface area contributed by atoms with Crippen molar-refractivity contribution in [3.05, 3.63) is 5.82 Å². The summed E-state index contributed by atoms with van der Waals surface area (Å²) in [5.41, 5.74) is 5.24. The number of nitrogens with one attached hydrogen (secondary N) is 1. The van der Waals surface area contributed by atoms with Crippen LogP contribution in [-0.4, -0.2) is 60.0 Å². The molecule has 0 radical (unpaired) electrons. The molecule has 0 fully saturated rings. The Kier molecular flexibility index (Phi) is 3.48. The quantitative estimate of drug-likeness (QED) is 0.668. The summed E-state index contributed by atoms with van der Waals surface area (Å²) >= 11 is 0. The number of H-pyrrole nitrogens is 1. The van der Waals surface area contributed by atoms with Crippen LogP contribution in [0.25, 0.3) is 0 Å². The molecule has 0 aliphatic rings. The van der Waals surface area contributed by atoms with Crippen LogP contribution in [0.2, 0.25) is 0 Å². The van der Waals surface area contributed by atoms with Gasteiger partial charge in [0.05, 0.1) is 5.75 Å². The zero-order valence-electron chi connectivity index (χ0n) is 8.97. The summed E-state index contributed by atoms with van der Waals surface area (Å²) in [5.74, 6) is -0.583. The molecule has 0 saturated carbocycles. The normalized spacial score (nSPS) is 11.4. The smallest absolute Gasteiger partial charge is 0.291 e. The van der Waals surface area contributed by atoms with E-state index in [2.05, 4.69) is 15.2 Å². The topological polar surface area (TPSA) is 122 Å². The van der Waals surface area contributed by atoms with E-state index < -0.39 is 15.7 Å². The van der Waals surface area contributed by atoms with E-state index in [-0.39, 0.29) is 24.1 Å². The number of amides is 1. The molecule has 8 nitrogen and oxygen atoms in total. The van der Waals surface area contributed by atoms with Crippen molar-refractivity contribution in [2.24, 2.45) is 0 Å². The van der Waals surface area contributed by atoms with Crippen LogP contribution >= 0.6 is 0 Å². The molecule has 3 N–H and O–H groups in total. The Bertz CT molecular complexity index is 480. The van der Waals surface area contributed by atoms with Crippen LogP contribution in [0.4, 0.5) is 5.95 Å². The summed E-state index contributed by atoms with van der Waals surface area (Å²) in [6, 6.07) is 0. The van der Waals surface area contributed by atoms with E-state index in [1.807, 2.05) is 0 Å². The van der Waals surface area contributed by atoms with E-state index >= 15 is 0 Å². The lowest BCUT2D eigenvalue weighted by Crippen LogP contribution is -2.32. The van der Waals surface area contributed by atoms with Crippen LogP contribution in [-0.2, 0) is 9.84 Å². The molecule has 1 heterocycles. The first-order chi connectivity index (χ1) is 7.29. The fourth-order valence-electron chi connectivity index (χ4n) is 0.956. The molecular formula is C7H13N5O3S. The second-order valence-corrected chi connectivity index (χ2v) is 5.66. The molecule has 9 heteroatoms. The zero-order valence-corrected chi connectivity index (χ0v) is 9.78. The number of aromatic amines is 1. The lowest BCUT2D eigenvalue weighted by molar-refractivity contribution is 0.0792. The molecule has 16 heavy (non-hydrogen) atoms. The Morgan fingerprint density at radius 2 is 2.19 bits per heavy atom. The first-order valence-corrected chi connectivity index (χ1v) is 6.47. The molecule has 0 atom stereocenters. The lowest BCUT2D eigenvalue weighted by atomic mass is 10.5. The van der Waals surface area contributed by atoms with E-state index in [0.29, 0.717) is 0 Å². The third kappa shape index (κ3) is 3.50. The average molecular weight is 247 g/mol. The number of nitrogen functional groups attached to an aromatic ring is 1. The van der Waals surface area contributed by atoms with E-state index in [1.165, 1.54) is 11.9 Å². The second kappa shape index (κ2) is 4.47. The van der Waals surface area contributed by atoms with Gasteiger partial charge in [-0.1, -0.05) is 0 Å². The number of carbonyl (C=O) groups is 1. The SMILES string of the molecule is CN(CCS(C)(=O)=O)C(=O)c1nc(N)n[nH]1. The third-order valence-corrected chi connectivity index (χ3v) is 2.77. The van der Waals surface area contributed by atoms with Crippen LogP contribution in [0.15, 0.2) is 0 Å². The fourth-order valence-corrected chi connectivity index (χ4v) is 1.56. The summed E-state index contributed by atoms with van der Waals surface area (Å²) in [5, 5.41) is 5.86. The van der Waals surface area contributed by atoms with Crippen LogP contribution < -0.4 is 5.73 Å². The molecular weight excluding hydrogens is 234 g/mol. The number of rotatable bonds is 4. The van der Waals surface area contributed by atoms with Gasteiger partial charge in [0.1, 0.15) is 9.84 Å². The number of hydrogen-bond donors (Lipinski definition) is 2. The molecule has 90 valence electrons. The van der Waals surface area contributed by atoms with Crippen molar-refractivity contribution in [2.45, 2.75) is 0 Å². The highest BCUT2D eigenvalue weighted by atomic mass is 32.2. The van der Waals surface area contributed by atoms with Crippen molar-refractivity contribution in [3.8, 4) is 0 Å². The first-order valence-electron chi connectivity index (χ1n) is 4.40. The number of nitrogens with zero attached hydrogens (tertiary/aromatic N) is 3.